The molecule has 2 aromatic heterocycles. The van der Waals surface area contributed by atoms with Crippen LogP contribution in [0.2, 0.25) is 0 Å². The molecular formula is C19H11F4N5O3S2. The van der Waals surface area contributed by atoms with Crippen LogP contribution in [-0.2, 0) is 16.2 Å². The Labute approximate surface area is 188 Å². The minimum atomic E-state index is -4.62. The van der Waals surface area contributed by atoms with E-state index < -0.39 is 38.2 Å². The van der Waals surface area contributed by atoms with E-state index in [1.807, 2.05) is 0 Å². The number of nitrogens with zero attached hydrogens (tertiary/aromatic N) is 4. The van der Waals surface area contributed by atoms with Crippen LogP contribution in [0.1, 0.15) is 5.56 Å². The fourth-order valence-electron chi connectivity index (χ4n) is 2.71. The first-order valence-corrected chi connectivity index (χ1v) is 11.1. The Morgan fingerprint density at radius 3 is 2.42 bits per heavy atom. The maximum atomic E-state index is 14.7. The Balaban J connectivity index is 1.68. The molecule has 0 saturated carbocycles. The molecule has 4 rings (SSSR count). The molecule has 0 aliphatic carbocycles. The van der Waals surface area contributed by atoms with Crippen LogP contribution in [0.15, 0.2) is 66.1 Å². The minimum Gasteiger partial charge on any atom is -0.454 e. The molecule has 0 aliphatic heterocycles. The second kappa shape index (κ2) is 8.71. The summed E-state index contributed by atoms with van der Waals surface area (Å²) >= 11 is 0.796. The Kier molecular flexibility index (Phi) is 5.95. The molecule has 2 aromatic carbocycles. The quantitative estimate of drug-likeness (QED) is 0.383. The van der Waals surface area contributed by atoms with E-state index in [1.165, 1.54) is 18.5 Å². The molecule has 0 aliphatic rings. The average Bonchev–Trinajstić information content (AvgIpc) is 3.27. The SMILES string of the molecule is O=S(=O)(Nc1ncns1)c1ccc(Oc2ccc(C(F)(F)F)cc2-c2ccnnc2)c(F)c1. The number of benzene rings is 2. The van der Waals surface area contributed by atoms with Gasteiger partial charge in [-0.2, -0.15) is 27.7 Å². The van der Waals surface area contributed by atoms with Gasteiger partial charge in [0.05, 0.1) is 22.9 Å². The van der Waals surface area contributed by atoms with Crippen molar-refractivity contribution >= 4 is 26.7 Å². The van der Waals surface area contributed by atoms with E-state index in [2.05, 4.69) is 24.3 Å². The van der Waals surface area contributed by atoms with Crippen LogP contribution >= 0.6 is 11.5 Å². The molecule has 170 valence electrons. The van der Waals surface area contributed by atoms with Crippen molar-refractivity contribution < 1.29 is 30.7 Å². The molecule has 0 atom stereocenters. The van der Waals surface area contributed by atoms with Crippen LogP contribution in [0, 0.1) is 5.82 Å². The monoisotopic (exact) mass is 497 g/mol. The molecule has 0 amide bonds. The van der Waals surface area contributed by atoms with Gasteiger partial charge in [-0.1, -0.05) is 0 Å². The van der Waals surface area contributed by atoms with Crippen molar-refractivity contribution in [1.82, 2.24) is 19.6 Å². The van der Waals surface area contributed by atoms with Gasteiger partial charge in [0.1, 0.15) is 12.1 Å². The maximum absolute atomic E-state index is 14.7. The first-order chi connectivity index (χ1) is 15.6. The molecule has 1 N–H and O–H groups in total. The van der Waals surface area contributed by atoms with Gasteiger partial charge in [0.15, 0.2) is 11.6 Å². The highest BCUT2D eigenvalue weighted by molar-refractivity contribution is 7.93. The summed E-state index contributed by atoms with van der Waals surface area (Å²) in [6.45, 7) is 0. The van der Waals surface area contributed by atoms with E-state index >= 15 is 0 Å². The summed E-state index contributed by atoms with van der Waals surface area (Å²) in [7, 11) is -4.15. The van der Waals surface area contributed by atoms with E-state index in [1.54, 1.807) is 0 Å². The first-order valence-electron chi connectivity index (χ1n) is 8.89. The van der Waals surface area contributed by atoms with Gasteiger partial charge in [0.2, 0.25) is 5.13 Å². The fraction of sp³-hybridized carbons (Fsp3) is 0.0526. The van der Waals surface area contributed by atoms with Crippen molar-refractivity contribution in [1.29, 1.82) is 0 Å². The highest BCUT2D eigenvalue weighted by Gasteiger charge is 2.31. The summed E-state index contributed by atoms with van der Waals surface area (Å²) < 4.78 is 90.4. The highest BCUT2D eigenvalue weighted by Crippen LogP contribution is 2.39. The van der Waals surface area contributed by atoms with Crippen LogP contribution in [0.5, 0.6) is 11.5 Å². The number of halogens is 4. The summed E-state index contributed by atoms with van der Waals surface area (Å²) in [6, 6.07) is 6.94. The molecule has 0 bridgehead atoms. The van der Waals surface area contributed by atoms with Gasteiger partial charge < -0.3 is 4.74 Å². The van der Waals surface area contributed by atoms with E-state index in [9.17, 15) is 26.0 Å². The summed E-state index contributed by atoms with van der Waals surface area (Å²) in [5.74, 6) is -1.54. The predicted octanol–water partition coefficient (Wildman–Crippen LogP) is 4.75. The van der Waals surface area contributed by atoms with Crippen molar-refractivity contribution in [2.24, 2.45) is 0 Å². The third-order valence-electron chi connectivity index (χ3n) is 4.22. The summed E-state index contributed by atoms with van der Waals surface area (Å²) in [4.78, 5) is 3.29. The standard InChI is InChI=1S/C19H11F4N5O3S2/c20-15-8-13(33(29,30)28-18-24-10-27-32-18)2-4-17(15)31-16-3-1-12(19(21,22)23)7-14(16)11-5-6-25-26-9-11/h1-10H,(H,24,27,28). The zero-order valence-corrected chi connectivity index (χ0v) is 17.7. The van der Waals surface area contributed by atoms with Crippen molar-refractivity contribution in [2.75, 3.05) is 4.72 Å². The lowest BCUT2D eigenvalue weighted by atomic mass is 10.0. The van der Waals surface area contributed by atoms with Crippen LogP contribution in [0.4, 0.5) is 22.7 Å². The van der Waals surface area contributed by atoms with Gasteiger partial charge in [-0.3, -0.25) is 4.72 Å². The van der Waals surface area contributed by atoms with E-state index in [-0.39, 0.29) is 22.0 Å². The minimum absolute atomic E-state index is 0.00362. The average molecular weight is 497 g/mol. The molecule has 4 aromatic rings. The first kappa shape index (κ1) is 22.5. The molecule has 0 unspecified atom stereocenters. The number of anilines is 1. The van der Waals surface area contributed by atoms with E-state index in [0.29, 0.717) is 0 Å². The van der Waals surface area contributed by atoms with E-state index in [0.717, 1.165) is 54.3 Å². The molecule has 2 heterocycles. The van der Waals surface area contributed by atoms with Crippen LogP contribution in [-0.4, -0.2) is 28.0 Å². The molecular weight excluding hydrogens is 486 g/mol. The summed E-state index contributed by atoms with van der Waals surface area (Å²) in [5.41, 5.74) is -0.688. The number of sulfonamides is 1. The number of hydrogen-bond donors (Lipinski definition) is 1. The molecule has 33 heavy (non-hydrogen) atoms. The van der Waals surface area contributed by atoms with Crippen molar-refractivity contribution in [3.05, 3.63) is 72.6 Å². The molecule has 0 saturated heterocycles. The zero-order chi connectivity index (χ0) is 23.6. The van der Waals surface area contributed by atoms with Gasteiger partial charge >= 0.3 is 6.18 Å². The predicted molar refractivity (Wildman–Crippen MR) is 110 cm³/mol. The Morgan fingerprint density at radius 2 is 1.79 bits per heavy atom. The Morgan fingerprint density at radius 1 is 1.00 bits per heavy atom. The van der Waals surface area contributed by atoms with Gasteiger partial charge in [-0.25, -0.2) is 17.8 Å². The molecule has 0 fully saturated rings. The number of aromatic nitrogens is 4. The van der Waals surface area contributed by atoms with Gasteiger partial charge in [-0.05, 0) is 42.5 Å². The molecule has 14 heteroatoms. The van der Waals surface area contributed by atoms with Gasteiger partial charge in [0.25, 0.3) is 10.0 Å². The number of nitrogens with one attached hydrogen (secondary N) is 1. The Hall–Kier alpha value is -3.65. The van der Waals surface area contributed by atoms with Crippen LogP contribution in [0.3, 0.4) is 0 Å². The normalized spacial score (nSPS) is 11.9. The lowest BCUT2D eigenvalue weighted by Gasteiger charge is -2.15. The number of ether oxygens (including phenoxy) is 1. The van der Waals surface area contributed by atoms with Crippen molar-refractivity contribution in [3.8, 4) is 22.6 Å². The number of rotatable bonds is 6. The van der Waals surface area contributed by atoms with Gasteiger partial charge in [-0.15, -0.1) is 0 Å². The second-order valence-corrected chi connectivity index (χ2v) is 8.85. The summed E-state index contributed by atoms with van der Waals surface area (Å²) in [5, 5.41) is 7.23. The maximum Gasteiger partial charge on any atom is 0.416 e. The fourth-order valence-corrected chi connectivity index (χ4v) is 4.39. The molecule has 8 nitrogen and oxygen atoms in total. The van der Waals surface area contributed by atoms with Crippen LogP contribution in [0.25, 0.3) is 11.1 Å². The third kappa shape index (κ3) is 5.06. The van der Waals surface area contributed by atoms with E-state index in [4.69, 9.17) is 4.74 Å². The molecule has 0 spiro atoms. The second-order valence-electron chi connectivity index (χ2n) is 6.39. The smallest absolute Gasteiger partial charge is 0.416 e. The lowest BCUT2D eigenvalue weighted by molar-refractivity contribution is -0.137. The van der Waals surface area contributed by atoms with Crippen molar-refractivity contribution in [3.63, 3.8) is 0 Å². The highest BCUT2D eigenvalue weighted by atomic mass is 32.2. The van der Waals surface area contributed by atoms with Crippen molar-refractivity contribution in [2.45, 2.75) is 11.1 Å². The third-order valence-corrected chi connectivity index (χ3v) is 6.26. The zero-order valence-electron chi connectivity index (χ0n) is 16.1. The number of hydrogen-bond acceptors (Lipinski definition) is 8. The summed E-state index contributed by atoms with van der Waals surface area (Å²) in [6.07, 6.45) is -0.951. The molecule has 0 radical (unpaired) electrons. The number of alkyl halides is 3. The largest absolute Gasteiger partial charge is 0.454 e. The van der Waals surface area contributed by atoms with Gasteiger partial charge in [0, 0.05) is 22.7 Å². The Bertz CT molecular complexity index is 1380. The topological polar surface area (TPSA) is 107 Å². The lowest BCUT2D eigenvalue weighted by Crippen LogP contribution is -2.13. The van der Waals surface area contributed by atoms with Crippen LogP contribution < -0.4 is 9.46 Å².